The van der Waals surface area contributed by atoms with Crippen LogP contribution >= 0.6 is 0 Å². The second-order valence-electron chi connectivity index (χ2n) is 7.01. The molecule has 2 N–H and O–H groups in total. The molecule has 0 aliphatic heterocycles. The highest BCUT2D eigenvalue weighted by molar-refractivity contribution is 5.84. The van der Waals surface area contributed by atoms with Crippen molar-refractivity contribution in [3.63, 3.8) is 0 Å². The molecule has 0 unspecified atom stereocenters. The zero-order valence-corrected chi connectivity index (χ0v) is 15.4. The largest absolute Gasteiger partial charge is 0.506 e. The average molecular weight is 344 g/mol. The Hall–Kier alpha value is -1.61. The minimum Gasteiger partial charge on any atom is -0.506 e. The number of hydrogen-bond acceptors (Lipinski definition) is 3. The molecule has 0 aliphatic carbocycles. The van der Waals surface area contributed by atoms with Crippen LogP contribution in [0.4, 0.5) is 0 Å². The summed E-state index contributed by atoms with van der Waals surface area (Å²) in [5.74, 6) is 0.274. The number of aryl methyl sites for hydroxylation is 1. The molecule has 0 bridgehead atoms. The molecule has 0 saturated heterocycles. The van der Waals surface area contributed by atoms with Gasteiger partial charge in [-0.15, -0.1) is 0 Å². The summed E-state index contributed by atoms with van der Waals surface area (Å²) < 4.78 is 0. The lowest BCUT2D eigenvalue weighted by atomic mass is 10.0. The molecular formula is C22H33NO2. The number of pyridine rings is 1. The van der Waals surface area contributed by atoms with Crippen molar-refractivity contribution in [1.29, 1.82) is 0 Å². The van der Waals surface area contributed by atoms with Crippen molar-refractivity contribution < 1.29 is 10.2 Å². The van der Waals surface area contributed by atoms with Crippen molar-refractivity contribution in [2.75, 3.05) is 6.61 Å². The van der Waals surface area contributed by atoms with E-state index >= 15 is 0 Å². The van der Waals surface area contributed by atoms with Gasteiger partial charge in [0.2, 0.25) is 0 Å². The summed E-state index contributed by atoms with van der Waals surface area (Å²) in [5, 5.41) is 19.6. The zero-order valence-electron chi connectivity index (χ0n) is 15.4. The molecule has 138 valence electrons. The Labute approximate surface area is 152 Å². The number of aromatic nitrogens is 1. The maximum atomic E-state index is 9.89. The molecule has 0 radical (unpaired) electrons. The van der Waals surface area contributed by atoms with Crippen molar-refractivity contribution in [1.82, 2.24) is 4.98 Å². The lowest BCUT2D eigenvalue weighted by molar-refractivity contribution is 0.282. The van der Waals surface area contributed by atoms with Gasteiger partial charge >= 0.3 is 0 Å². The molecule has 25 heavy (non-hydrogen) atoms. The molecule has 0 amide bonds. The first-order chi connectivity index (χ1) is 12.3. The quantitative estimate of drug-likeness (QED) is 0.454. The number of aromatic hydroxyl groups is 1. The Bertz CT molecular complexity index is 612. The number of para-hydroxylation sites is 1. The van der Waals surface area contributed by atoms with Gasteiger partial charge in [0.05, 0.1) is 0 Å². The monoisotopic (exact) mass is 343 g/mol. The van der Waals surface area contributed by atoms with Gasteiger partial charge in [-0.05, 0) is 31.4 Å². The molecule has 1 aromatic carbocycles. The normalized spacial score (nSPS) is 11.2. The van der Waals surface area contributed by atoms with Crippen LogP contribution in [0.2, 0.25) is 0 Å². The van der Waals surface area contributed by atoms with Crippen molar-refractivity contribution in [2.45, 2.75) is 77.0 Å². The van der Waals surface area contributed by atoms with E-state index in [1.165, 1.54) is 64.2 Å². The standard InChI is InChI=1S/C22H33NO2/c24-18-11-9-7-5-3-1-2-4-6-8-10-14-20-17-16-19-13-12-15-21(25)22(19)23-20/h12-13,15-17,24-25H,1-11,14,18H2. The van der Waals surface area contributed by atoms with Gasteiger partial charge in [-0.3, -0.25) is 0 Å². The molecular weight excluding hydrogens is 310 g/mol. The summed E-state index contributed by atoms with van der Waals surface area (Å²) in [4.78, 5) is 4.60. The molecule has 3 nitrogen and oxygen atoms in total. The molecule has 3 heteroatoms. The van der Waals surface area contributed by atoms with Crippen LogP contribution in [0.5, 0.6) is 5.75 Å². The molecule has 0 saturated carbocycles. The molecule has 2 rings (SSSR count). The first kappa shape index (κ1) is 19.7. The number of aliphatic hydroxyl groups is 1. The van der Waals surface area contributed by atoms with Gasteiger partial charge in [0.15, 0.2) is 0 Å². The molecule has 0 atom stereocenters. The SMILES string of the molecule is OCCCCCCCCCCCCCc1ccc2cccc(O)c2n1. The van der Waals surface area contributed by atoms with Crippen LogP contribution in [0, 0.1) is 0 Å². The van der Waals surface area contributed by atoms with Gasteiger partial charge in [-0.1, -0.05) is 76.0 Å². The van der Waals surface area contributed by atoms with Crippen LogP contribution in [-0.2, 0) is 6.42 Å². The third kappa shape index (κ3) is 7.43. The van der Waals surface area contributed by atoms with Crippen molar-refractivity contribution in [3.8, 4) is 5.75 Å². The molecule has 0 aliphatic rings. The lowest BCUT2D eigenvalue weighted by Gasteiger charge is -2.05. The highest BCUT2D eigenvalue weighted by atomic mass is 16.3. The highest BCUT2D eigenvalue weighted by Crippen LogP contribution is 2.23. The van der Waals surface area contributed by atoms with Crippen molar-refractivity contribution >= 4 is 10.9 Å². The van der Waals surface area contributed by atoms with E-state index in [9.17, 15) is 5.11 Å². The van der Waals surface area contributed by atoms with E-state index in [1.807, 2.05) is 12.1 Å². The Morgan fingerprint density at radius 3 is 1.92 bits per heavy atom. The smallest absolute Gasteiger partial charge is 0.141 e. The molecule has 2 aromatic rings. The van der Waals surface area contributed by atoms with Crippen LogP contribution in [0.15, 0.2) is 30.3 Å². The third-order valence-electron chi connectivity index (χ3n) is 4.85. The number of aliphatic hydroxyl groups excluding tert-OH is 1. The molecule has 1 heterocycles. The van der Waals surface area contributed by atoms with Crippen molar-refractivity contribution in [2.24, 2.45) is 0 Å². The van der Waals surface area contributed by atoms with Gasteiger partial charge in [0.25, 0.3) is 0 Å². The predicted molar refractivity (Wildman–Crippen MR) is 105 cm³/mol. The molecule has 0 fully saturated rings. The number of phenolic OH excluding ortho intramolecular Hbond substituents is 1. The summed E-state index contributed by atoms with van der Waals surface area (Å²) in [5.41, 5.74) is 1.80. The van der Waals surface area contributed by atoms with Gasteiger partial charge < -0.3 is 10.2 Å². The third-order valence-corrected chi connectivity index (χ3v) is 4.85. The van der Waals surface area contributed by atoms with E-state index in [0.29, 0.717) is 6.61 Å². The number of unbranched alkanes of at least 4 members (excludes halogenated alkanes) is 10. The van der Waals surface area contributed by atoms with Gasteiger partial charge in [0.1, 0.15) is 11.3 Å². The fraction of sp³-hybridized carbons (Fsp3) is 0.591. The van der Waals surface area contributed by atoms with E-state index in [-0.39, 0.29) is 5.75 Å². The van der Waals surface area contributed by atoms with Gasteiger partial charge in [-0.25, -0.2) is 4.98 Å². The summed E-state index contributed by atoms with van der Waals surface area (Å²) in [6, 6.07) is 9.68. The predicted octanol–water partition coefficient (Wildman–Crippen LogP) is 5.77. The van der Waals surface area contributed by atoms with Crippen LogP contribution in [0.25, 0.3) is 10.9 Å². The Kier molecular flexibility index (Phi) is 9.35. The Balaban J connectivity index is 1.51. The Morgan fingerprint density at radius 1 is 0.680 bits per heavy atom. The number of phenols is 1. The maximum absolute atomic E-state index is 9.89. The van der Waals surface area contributed by atoms with Crippen molar-refractivity contribution in [3.05, 3.63) is 36.0 Å². The fourth-order valence-electron chi connectivity index (χ4n) is 3.32. The zero-order chi connectivity index (χ0) is 17.7. The molecule has 1 aromatic heterocycles. The lowest BCUT2D eigenvalue weighted by Crippen LogP contribution is -1.92. The van der Waals surface area contributed by atoms with Crippen LogP contribution in [-0.4, -0.2) is 21.8 Å². The van der Waals surface area contributed by atoms with E-state index in [1.54, 1.807) is 6.07 Å². The number of nitrogens with zero attached hydrogens (tertiary/aromatic N) is 1. The van der Waals surface area contributed by atoms with Crippen LogP contribution < -0.4 is 0 Å². The second kappa shape index (κ2) is 11.9. The van der Waals surface area contributed by atoms with E-state index in [0.717, 1.165) is 29.4 Å². The second-order valence-corrected chi connectivity index (χ2v) is 7.01. The Morgan fingerprint density at radius 2 is 1.28 bits per heavy atom. The van der Waals surface area contributed by atoms with Crippen LogP contribution in [0.1, 0.15) is 76.3 Å². The van der Waals surface area contributed by atoms with E-state index < -0.39 is 0 Å². The summed E-state index contributed by atoms with van der Waals surface area (Å²) in [6.45, 7) is 0.343. The van der Waals surface area contributed by atoms with E-state index in [4.69, 9.17) is 5.11 Å². The van der Waals surface area contributed by atoms with Crippen LogP contribution in [0.3, 0.4) is 0 Å². The number of hydrogen-bond donors (Lipinski definition) is 2. The van der Waals surface area contributed by atoms with Gasteiger partial charge in [-0.2, -0.15) is 0 Å². The fourth-order valence-corrected chi connectivity index (χ4v) is 3.32. The summed E-state index contributed by atoms with van der Waals surface area (Å²) >= 11 is 0. The number of benzene rings is 1. The highest BCUT2D eigenvalue weighted by Gasteiger charge is 2.02. The summed E-state index contributed by atoms with van der Waals surface area (Å²) in [6.07, 6.45) is 14.9. The first-order valence-corrected chi connectivity index (χ1v) is 10.00. The first-order valence-electron chi connectivity index (χ1n) is 10.00. The number of fused-ring (bicyclic) bond motifs is 1. The minimum absolute atomic E-state index is 0.274. The van der Waals surface area contributed by atoms with E-state index in [2.05, 4.69) is 17.1 Å². The van der Waals surface area contributed by atoms with Gasteiger partial charge in [0, 0.05) is 17.7 Å². The number of rotatable bonds is 13. The topological polar surface area (TPSA) is 53.4 Å². The average Bonchev–Trinajstić information content (AvgIpc) is 2.63. The maximum Gasteiger partial charge on any atom is 0.141 e. The minimum atomic E-state index is 0.274. The molecule has 0 spiro atoms. The summed E-state index contributed by atoms with van der Waals surface area (Å²) in [7, 11) is 0.